The van der Waals surface area contributed by atoms with Crippen molar-refractivity contribution in [1.82, 2.24) is 5.32 Å². The molecule has 0 atom stereocenters. The number of aryl methyl sites for hydroxylation is 4. The maximum Gasteiger partial charge on any atom is 0.240 e. The van der Waals surface area contributed by atoms with Crippen molar-refractivity contribution in [3.05, 3.63) is 58.7 Å². The van der Waals surface area contributed by atoms with Gasteiger partial charge in [0.1, 0.15) is 12.3 Å². The quantitative estimate of drug-likeness (QED) is 0.635. The summed E-state index contributed by atoms with van der Waals surface area (Å²) in [6, 6.07) is 11.7. The van der Waals surface area contributed by atoms with Crippen LogP contribution in [0.2, 0.25) is 0 Å². The molecule has 7 heteroatoms. The molecule has 0 heterocycles. The molecule has 1 N–H and O–H groups in total. The van der Waals surface area contributed by atoms with Crippen LogP contribution in [0.25, 0.3) is 0 Å². The monoisotopic (exact) mass is 418 g/mol. The van der Waals surface area contributed by atoms with Crippen molar-refractivity contribution in [2.24, 2.45) is 0 Å². The number of carbonyl (C=O) groups is 1. The molecule has 0 saturated heterocycles. The number of anilines is 1. The lowest BCUT2D eigenvalue weighted by Gasteiger charge is -2.26. The molecule has 0 aliphatic heterocycles. The smallest absolute Gasteiger partial charge is 0.240 e. The normalized spacial score (nSPS) is 11.2. The zero-order chi connectivity index (χ0) is 21.6. The number of hydrogen-bond donors (Lipinski definition) is 1. The number of amides is 1. The second-order valence-electron chi connectivity index (χ2n) is 7.32. The number of methoxy groups -OCH3 is 1. The summed E-state index contributed by atoms with van der Waals surface area (Å²) in [5.74, 6) is 0.495. The van der Waals surface area contributed by atoms with Gasteiger partial charge in [-0.05, 0) is 62.4 Å². The largest absolute Gasteiger partial charge is 0.497 e. The molecule has 0 unspecified atom stereocenters. The number of nitrogens with zero attached hydrogens (tertiary/aromatic N) is 1. The lowest BCUT2D eigenvalue weighted by atomic mass is 10.1. The molecule has 158 valence electrons. The Morgan fingerprint density at radius 2 is 1.66 bits per heavy atom. The van der Waals surface area contributed by atoms with Gasteiger partial charge in [0.25, 0.3) is 0 Å². The molecule has 0 aliphatic carbocycles. The molecule has 0 saturated carbocycles. The van der Waals surface area contributed by atoms with Crippen LogP contribution in [0.15, 0.2) is 36.4 Å². The van der Waals surface area contributed by atoms with Crippen LogP contribution < -0.4 is 14.4 Å². The van der Waals surface area contributed by atoms with E-state index < -0.39 is 10.0 Å². The molecule has 0 aromatic heterocycles. The van der Waals surface area contributed by atoms with Crippen molar-refractivity contribution in [3.8, 4) is 5.75 Å². The van der Waals surface area contributed by atoms with Crippen LogP contribution in [0.3, 0.4) is 0 Å². The summed E-state index contributed by atoms with van der Waals surface area (Å²) < 4.78 is 31.0. The second kappa shape index (κ2) is 9.78. The zero-order valence-electron chi connectivity index (χ0n) is 17.8. The Labute approximate surface area is 173 Å². The van der Waals surface area contributed by atoms with Crippen molar-refractivity contribution in [2.75, 3.05) is 30.8 Å². The number of nitrogens with one attached hydrogen (secondary N) is 1. The summed E-state index contributed by atoms with van der Waals surface area (Å²) in [6.45, 7) is 5.94. The van der Waals surface area contributed by atoms with Crippen LogP contribution in [0.4, 0.5) is 5.69 Å². The maximum atomic E-state index is 12.4. The highest BCUT2D eigenvalue weighted by Gasteiger charge is 2.24. The molecule has 1 amide bonds. The van der Waals surface area contributed by atoms with Gasteiger partial charge in [0, 0.05) is 6.54 Å². The molecule has 29 heavy (non-hydrogen) atoms. The van der Waals surface area contributed by atoms with E-state index in [1.165, 1.54) is 4.31 Å². The van der Waals surface area contributed by atoms with Gasteiger partial charge in [-0.1, -0.05) is 29.8 Å². The lowest BCUT2D eigenvalue weighted by Crippen LogP contribution is -2.41. The molecule has 2 rings (SSSR count). The van der Waals surface area contributed by atoms with Gasteiger partial charge in [-0.25, -0.2) is 8.42 Å². The molecule has 0 aliphatic rings. The van der Waals surface area contributed by atoms with Crippen LogP contribution >= 0.6 is 0 Å². The highest BCUT2D eigenvalue weighted by Crippen LogP contribution is 2.28. The first-order chi connectivity index (χ1) is 13.6. The summed E-state index contributed by atoms with van der Waals surface area (Å²) in [5.41, 5.74) is 4.45. The third-order valence-corrected chi connectivity index (χ3v) is 5.81. The average Bonchev–Trinajstić information content (AvgIpc) is 2.63. The third kappa shape index (κ3) is 6.49. The Balaban J connectivity index is 1.97. The minimum Gasteiger partial charge on any atom is -0.497 e. The van der Waals surface area contributed by atoms with Gasteiger partial charge >= 0.3 is 0 Å². The Hall–Kier alpha value is -2.54. The van der Waals surface area contributed by atoms with Crippen molar-refractivity contribution in [2.45, 2.75) is 33.6 Å². The van der Waals surface area contributed by atoms with Crippen molar-refractivity contribution in [3.63, 3.8) is 0 Å². The summed E-state index contributed by atoms with van der Waals surface area (Å²) in [4.78, 5) is 12.4. The van der Waals surface area contributed by atoms with E-state index in [4.69, 9.17) is 4.74 Å². The van der Waals surface area contributed by atoms with E-state index in [1.807, 2.05) is 57.2 Å². The van der Waals surface area contributed by atoms with Crippen LogP contribution in [0.5, 0.6) is 5.75 Å². The third-order valence-electron chi connectivity index (χ3n) is 4.70. The van der Waals surface area contributed by atoms with E-state index in [0.29, 0.717) is 12.2 Å². The van der Waals surface area contributed by atoms with Crippen LogP contribution in [0, 0.1) is 20.8 Å². The first-order valence-corrected chi connectivity index (χ1v) is 11.4. The van der Waals surface area contributed by atoms with Gasteiger partial charge in [-0.15, -0.1) is 0 Å². The van der Waals surface area contributed by atoms with Crippen LogP contribution in [0.1, 0.15) is 28.7 Å². The van der Waals surface area contributed by atoms with Crippen molar-refractivity contribution < 1.29 is 17.9 Å². The van der Waals surface area contributed by atoms with E-state index in [-0.39, 0.29) is 12.5 Å². The standard InChI is InChI=1S/C22H30N2O4S/c1-16-13-17(2)22(18(3)14-16)24(29(5,26)27)15-21(25)23-12-6-7-19-8-10-20(28-4)11-9-19/h8-11,13-14H,6-7,12,15H2,1-5H3,(H,23,25). The summed E-state index contributed by atoms with van der Waals surface area (Å²) >= 11 is 0. The Bertz CT molecular complexity index is 930. The molecule has 0 fully saturated rings. The fourth-order valence-electron chi connectivity index (χ4n) is 3.43. The fourth-order valence-corrected chi connectivity index (χ4v) is 4.40. The minimum atomic E-state index is -3.59. The van der Waals surface area contributed by atoms with Crippen LogP contribution in [-0.4, -0.2) is 40.8 Å². The molecule has 0 radical (unpaired) electrons. The highest BCUT2D eigenvalue weighted by molar-refractivity contribution is 7.92. The first-order valence-electron chi connectivity index (χ1n) is 9.57. The van der Waals surface area contributed by atoms with E-state index in [1.54, 1.807) is 7.11 Å². The second-order valence-corrected chi connectivity index (χ2v) is 9.23. The molecule has 0 bridgehead atoms. The molecule has 0 spiro atoms. The predicted molar refractivity (Wildman–Crippen MR) is 117 cm³/mol. The fraction of sp³-hybridized carbons (Fsp3) is 0.409. The molecule has 6 nitrogen and oxygen atoms in total. The molecular formula is C22H30N2O4S. The number of rotatable bonds is 9. The predicted octanol–water partition coefficient (Wildman–Crippen LogP) is 3.14. The number of hydrogen-bond acceptors (Lipinski definition) is 4. The summed E-state index contributed by atoms with van der Waals surface area (Å²) in [6.07, 6.45) is 2.71. The number of carbonyl (C=O) groups excluding carboxylic acids is 1. The number of ether oxygens (including phenoxy) is 1. The number of sulfonamides is 1. The van der Waals surface area contributed by atoms with Crippen molar-refractivity contribution >= 4 is 21.6 Å². The van der Waals surface area contributed by atoms with Gasteiger partial charge in [-0.2, -0.15) is 0 Å². The Morgan fingerprint density at radius 3 is 2.17 bits per heavy atom. The first kappa shape index (κ1) is 22.7. The molecule has 2 aromatic rings. The van der Waals surface area contributed by atoms with E-state index in [0.717, 1.165) is 47.1 Å². The SMILES string of the molecule is COc1ccc(CCCNC(=O)CN(c2c(C)cc(C)cc2C)S(C)(=O)=O)cc1. The lowest BCUT2D eigenvalue weighted by molar-refractivity contribution is -0.119. The number of benzene rings is 2. The topological polar surface area (TPSA) is 75.7 Å². The highest BCUT2D eigenvalue weighted by atomic mass is 32.2. The summed E-state index contributed by atoms with van der Waals surface area (Å²) in [7, 11) is -1.96. The zero-order valence-corrected chi connectivity index (χ0v) is 18.6. The van der Waals surface area contributed by atoms with Gasteiger partial charge in [0.15, 0.2) is 0 Å². The summed E-state index contributed by atoms with van der Waals surface area (Å²) in [5, 5.41) is 2.83. The Morgan fingerprint density at radius 1 is 1.07 bits per heavy atom. The minimum absolute atomic E-state index is 0.230. The van der Waals surface area contributed by atoms with Crippen LogP contribution in [-0.2, 0) is 21.2 Å². The van der Waals surface area contributed by atoms with Crippen molar-refractivity contribution in [1.29, 1.82) is 0 Å². The Kier molecular flexibility index (Phi) is 7.67. The van der Waals surface area contributed by atoms with Gasteiger partial charge in [0.05, 0.1) is 19.1 Å². The van der Waals surface area contributed by atoms with Gasteiger partial charge in [0.2, 0.25) is 15.9 Å². The van der Waals surface area contributed by atoms with E-state index >= 15 is 0 Å². The van der Waals surface area contributed by atoms with E-state index in [9.17, 15) is 13.2 Å². The van der Waals surface area contributed by atoms with E-state index in [2.05, 4.69) is 5.32 Å². The van der Waals surface area contributed by atoms with Gasteiger partial charge < -0.3 is 10.1 Å². The molecule has 2 aromatic carbocycles. The maximum absolute atomic E-state index is 12.4. The molecular weight excluding hydrogens is 388 g/mol. The average molecular weight is 419 g/mol. The van der Waals surface area contributed by atoms with Gasteiger partial charge in [-0.3, -0.25) is 9.10 Å².